The predicted molar refractivity (Wildman–Crippen MR) is 82.7 cm³/mol. The molecule has 5 heteroatoms. The number of aromatic nitrogens is 1. The lowest BCUT2D eigenvalue weighted by Gasteiger charge is -2.06. The third kappa shape index (κ3) is 3.88. The fraction of sp³-hybridized carbons (Fsp3) is 0.286. The van der Waals surface area contributed by atoms with Crippen molar-refractivity contribution in [1.29, 1.82) is 0 Å². The molecule has 0 saturated heterocycles. The number of aryl methyl sites for hydroxylation is 3. The third-order valence-electron chi connectivity index (χ3n) is 2.73. The van der Waals surface area contributed by atoms with Gasteiger partial charge in [-0.05, 0) is 48.3 Å². The van der Waals surface area contributed by atoms with E-state index in [1.54, 1.807) is 11.3 Å². The van der Waals surface area contributed by atoms with E-state index in [1.807, 2.05) is 38.1 Å². The maximum atomic E-state index is 11.9. The number of para-hydroxylation sites is 1. The minimum atomic E-state index is 0.0253. The van der Waals surface area contributed by atoms with E-state index >= 15 is 0 Å². The molecule has 19 heavy (non-hydrogen) atoms. The van der Waals surface area contributed by atoms with Crippen molar-refractivity contribution in [2.45, 2.75) is 26.7 Å². The van der Waals surface area contributed by atoms with Crippen LogP contribution in [0.5, 0.6) is 0 Å². The summed E-state index contributed by atoms with van der Waals surface area (Å²) in [5, 5.41) is 3.96. The van der Waals surface area contributed by atoms with Crippen molar-refractivity contribution in [3.63, 3.8) is 0 Å². The summed E-state index contributed by atoms with van der Waals surface area (Å²) < 4.78 is 0.896. The second-order valence-corrected chi connectivity index (χ2v) is 6.41. The molecule has 2 aromatic rings. The van der Waals surface area contributed by atoms with Crippen LogP contribution in [-0.4, -0.2) is 10.9 Å². The Kier molecular flexibility index (Phi) is 4.71. The normalized spacial score (nSPS) is 10.5. The average molecular weight is 339 g/mol. The van der Waals surface area contributed by atoms with E-state index in [0.29, 0.717) is 6.42 Å². The van der Waals surface area contributed by atoms with Crippen LogP contribution >= 0.6 is 27.3 Å². The Bertz CT molecular complexity index is 595. The van der Waals surface area contributed by atoms with Gasteiger partial charge in [-0.2, -0.15) is 0 Å². The van der Waals surface area contributed by atoms with Crippen LogP contribution in [0.15, 0.2) is 28.7 Å². The maximum Gasteiger partial charge on any atom is 0.224 e. The molecule has 0 unspecified atom stereocenters. The van der Waals surface area contributed by atoms with Gasteiger partial charge in [-0.1, -0.05) is 12.1 Å². The van der Waals surface area contributed by atoms with Crippen molar-refractivity contribution in [1.82, 2.24) is 4.98 Å². The third-order valence-corrected chi connectivity index (χ3v) is 4.55. The Morgan fingerprint density at radius 1 is 1.37 bits per heavy atom. The quantitative estimate of drug-likeness (QED) is 0.911. The summed E-state index contributed by atoms with van der Waals surface area (Å²) in [5.41, 5.74) is 1.85. The summed E-state index contributed by atoms with van der Waals surface area (Å²) in [6.07, 6.45) is 1.22. The second kappa shape index (κ2) is 6.30. The number of carbonyl (C=O) groups excluding carboxylic acids is 1. The molecule has 0 spiro atoms. The molecule has 2 rings (SSSR count). The Morgan fingerprint density at radius 3 is 2.74 bits per heavy atom. The maximum absolute atomic E-state index is 11.9. The molecular weight excluding hydrogens is 324 g/mol. The zero-order valence-electron chi connectivity index (χ0n) is 10.9. The van der Waals surface area contributed by atoms with Crippen LogP contribution in [0, 0.1) is 13.8 Å². The molecule has 0 aliphatic carbocycles. The minimum Gasteiger partial charge on any atom is -0.325 e. The van der Waals surface area contributed by atoms with Gasteiger partial charge in [0, 0.05) is 15.8 Å². The molecule has 1 amide bonds. The Morgan fingerprint density at radius 2 is 2.11 bits per heavy atom. The summed E-state index contributed by atoms with van der Waals surface area (Å²) >= 11 is 5.08. The summed E-state index contributed by atoms with van der Waals surface area (Å²) in [6.45, 7) is 3.98. The van der Waals surface area contributed by atoms with E-state index in [2.05, 4.69) is 26.2 Å². The molecule has 1 N–H and O–H groups in total. The zero-order valence-corrected chi connectivity index (χ0v) is 13.3. The highest BCUT2D eigenvalue weighted by Gasteiger charge is 2.09. The van der Waals surface area contributed by atoms with Gasteiger partial charge in [0.05, 0.1) is 16.4 Å². The fourth-order valence-electron chi connectivity index (χ4n) is 1.81. The van der Waals surface area contributed by atoms with Crippen LogP contribution in [-0.2, 0) is 11.2 Å². The van der Waals surface area contributed by atoms with Gasteiger partial charge >= 0.3 is 0 Å². The number of anilines is 1. The molecule has 1 heterocycles. The topological polar surface area (TPSA) is 42.0 Å². The smallest absolute Gasteiger partial charge is 0.224 e. The lowest BCUT2D eigenvalue weighted by Crippen LogP contribution is -2.12. The van der Waals surface area contributed by atoms with Crippen molar-refractivity contribution >= 4 is 38.9 Å². The molecule has 0 aliphatic rings. The van der Waals surface area contributed by atoms with E-state index in [0.717, 1.165) is 27.3 Å². The molecule has 0 bridgehead atoms. The molecule has 1 aromatic heterocycles. The summed E-state index contributed by atoms with van der Waals surface area (Å²) in [4.78, 5) is 17.5. The van der Waals surface area contributed by atoms with Gasteiger partial charge in [-0.25, -0.2) is 4.98 Å². The van der Waals surface area contributed by atoms with E-state index in [4.69, 9.17) is 0 Å². The van der Waals surface area contributed by atoms with Gasteiger partial charge in [0.1, 0.15) is 0 Å². The van der Waals surface area contributed by atoms with Crippen LogP contribution < -0.4 is 5.32 Å². The van der Waals surface area contributed by atoms with Gasteiger partial charge in [0.25, 0.3) is 0 Å². The standard InChI is InChI=1S/C14H15BrN2OS/c1-9-13(19-10(2)16-9)7-8-14(18)17-12-6-4-3-5-11(12)15/h3-6H,7-8H2,1-2H3,(H,17,18). The lowest BCUT2D eigenvalue weighted by molar-refractivity contribution is -0.116. The summed E-state index contributed by atoms with van der Waals surface area (Å²) in [5.74, 6) is 0.0253. The average Bonchev–Trinajstić information content (AvgIpc) is 2.68. The van der Waals surface area contributed by atoms with Gasteiger partial charge in [0.15, 0.2) is 0 Å². The Labute approximate surface area is 125 Å². The first kappa shape index (κ1) is 14.2. The van der Waals surface area contributed by atoms with Crippen molar-refractivity contribution in [3.05, 3.63) is 44.3 Å². The van der Waals surface area contributed by atoms with Crippen molar-refractivity contribution in [3.8, 4) is 0 Å². The molecule has 1 aromatic carbocycles. The zero-order chi connectivity index (χ0) is 13.8. The number of hydrogen-bond acceptors (Lipinski definition) is 3. The molecule has 0 aliphatic heterocycles. The number of thiazole rings is 1. The molecule has 100 valence electrons. The summed E-state index contributed by atoms with van der Waals surface area (Å²) in [6, 6.07) is 7.61. The van der Waals surface area contributed by atoms with Gasteiger partial charge in [-0.3, -0.25) is 4.79 Å². The van der Waals surface area contributed by atoms with Crippen LogP contribution in [0.25, 0.3) is 0 Å². The fourth-order valence-corrected chi connectivity index (χ4v) is 3.13. The Hall–Kier alpha value is -1.20. The molecule has 0 fully saturated rings. The molecule has 0 atom stereocenters. The van der Waals surface area contributed by atoms with Crippen LogP contribution in [0.3, 0.4) is 0 Å². The van der Waals surface area contributed by atoms with Gasteiger partial charge in [0.2, 0.25) is 5.91 Å². The van der Waals surface area contributed by atoms with Crippen molar-refractivity contribution < 1.29 is 4.79 Å². The lowest BCUT2D eigenvalue weighted by atomic mass is 10.2. The number of amides is 1. The highest BCUT2D eigenvalue weighted by Crippen LogP contribution is 2.22. The largest absolute Gasteiger partial charge is 0.325 e. The molecule has 0 radical (unpaired) electrons. The Balaban J connectivity index is 1.92. The number of rotatable bonds is 4. The molecule has 3 nitrogen and oxygen atoms in total. The van der Waals surface area contributed by atoms with E-state index < -0.39 is 0 Å². The van der Waals surface area contributed by atoms with Crippen LogP contribution in [0.1, 0.15) is 22.0 Å². The first-order valence-electron chi connectivity index (χ1n) is 6.03. The van der Waals surface area contributed by atoms with E-state index in [9.17, 15) is 4.79 Å². The van der Waals surface area contributed by atoms with Gasteiger partial charge < -0.3 is 5.32 Å². The molecular formula is C14H15BrN2OS. The van der Waals surface area contributed by atoms with Crippen molar-refractivity contribution in [2.75, 3.05) is 5.32 Å². The number of hydrogen-bond donors (Lipinski definition) is 1. The number of halogens is 1. The second-order valence-electron chi connectivity index (χ2n) is 4.27. The predicted octanol–water partition coefficient (Wildman–Crippen LogP) is 4.09. The monoisotopic (exact) mass is 338 g/mol. The number of benzene rings is 1. The number of nitrogens with zero attached hydrogens (tertiary/aromatic N) is 1. The highest BCUT2D eigenvalue weighted by molar-refractivity contribution is 9.10. The number of nitrogens with one attached hydrogen (secondary N) is 1. The molecule has 0 saturated carbocycles. The van der Waals surface area contributed by atoms with Gasteiger partial charge in [-0.15, -0.1) is 11.3 Å². The highest BCUT2D eigenvalue weighted by atomic mass is 79.9. The SMILES string of the molecule is Cc1nc(C)c(CCC(=O)Nc2ccccc2Br)s1. The van der Waals surface area contributed by atoms with Crippen molar-refractivity contribution in [2.24, 2.45) is 0 Å². The van der Waals surface area contributed by atoms with Crippen LogP contribution in [0.2, 0.25) is 0 Å². The minimum absolute atomic E-state index is 0.0253. The van der Waals surface area contributed by atoms with Crippen LogP contribution in [0.4, 0.5) is 5.69 Å². The first-order valence-corrected chi connectivity index (χ1v) is 7.64. The van der Waals surface area contributed by atoms with E-state index in [-0.39, 0.29) is 5.91 Å². The number of carbonyl (C=O) groups is 1. The van der Waals surface area contributed by atoms with E-state index in [1.165, 1.54) is 4.88 Å². The summed E-state index contributed by atoms with van der Waals surface area (Å²) in [7, 11) is 0. The first-order chi connectivity index (χ1) is 9.06.